The second-order valence-electron chi connectivity index (χ2n) is 7.97. The first-order valence-electron chi connectivity index (χ1n) is 9.85. The molecule has 1 aliphatic heterocycles. The number of phenolic OH excluding ortho intramolecular Hbond substituents is 1. The molecule has 0 aromatic heterocycles. The van der Waals surface area contributed by atoms with Crippen molar-refractivity contribution in [2.24, 2.45) is 0 Å². The summed E-state index contributed by atoms with van der Waals surface area (Å²) in [5.41, 5.74) is 2.97. The van der Waals surface area contributed by atoms with Crippen LogP contribution in [0.15, 0.2) is 48.5 Å². The molecule has 2 aromatic rings. The van der Waals surface area contributed by atoms with Crippen LogP contribution in [0.1, 0.15) is 43.2 Å². The number of phenols is 1. The van der Waals surface area contributed by atoms with Crippen molar-refractivity contribution in [3.63, 3.8) is 0 Å². The van der Waals surface area contributed by atoms with Crippen molar-refractivity contribution in [3.8, 4) is 11.5 Å². The van der Waals surface area contributed by atoms with Gasteiger partial charge in [-0.3, -0.25) is 4.90 Å². The number of benzene rings is 2. The fourth-order valence-electron chi connectivity index (χ4n) is 5.05. The fourth-order valence-corrected chi connectivity index (χ4v) is 5.05. The molecule has 1 N–H and O–H groups in total. The molecule has 1 aliphatic carbocycles. The highest BCUT2D eigenvalue weighted by Gasteiger charge is 2.43. The van der Waals surface area contributed by atoms with Crippen LogP contribution in [0.3, 0.4) is 0 Å². The van der Waals surface area contributed by atoms with Crippen LogP contribution in [0.2, 0.25) is 0 Å². The lowest BCUT2D eigenvalue weighted by Gasteiger charge is -2.51. The molecule has 138 valence electrons. The van der Waals surface area contributed by atoms with E-state index in [1.54, 1.807) is 13.2 Å². The van der Waals surface area contributed by atoms with E-state index >= 15 is 0 Å². The Balaban J connectivity index is 1.44. The van der Waals surface area contributed by atoms with Crippen LogP contribution >= 0.6 is 0 Å². The van der Waals surface area contributed by atoms with Crippen LogP contribution in [-0.2, 0) is 11.8 Å². The third-order valence-corrected chi connectivity index (χ3v) is 6.49. The van der Waals surface area contributed by atoms with Crippen LogP contribution in [0.25, 0.3) is 0 Å². The van der Waals surface area contributed by atoms with E-state index < -0.39 is 0 Å². The molecule has 2 atom stereocenters. The summed E-state index contributed by atoms with van der Waals surface area (Å²) in [5, 5.41) is 9.92. The van der Waals surface area contributed by atoms with Gasteiger partial charge >= 0.3 is 0 Å². The molecule has 0 spiro atoms. The summed E-state index contributed by atoms with van der Waals surface area (Å²) in [7, 11) is 1.73. The quantitative estimate of drug-likeness (QED) is 0.859. The average molecular weight is 351 g/mol. The zero-order chi connectivity index (χ0) is 18.0. The maximum atomic E-state index is 9.92. The number of likely N-dealkylation sites (tertiary alicyclic amines) is 1. The minimum atomic E-state index is 0.272. The number of methoxy groups -OCH3 is 1. The number of aromatic hydroxyl groups is 1. The topological polar surface area (TPSA) is 32.7 Å². The number of hydrogen-bond acceptors (Lipinski definition) is 3. The molecule has 2 aromatic carbocycles. The molecule has 0 unspecified atom stereocenters. The Kier molecular flexibility index (Phi) is 4.90. The normalized spacial score (nSPS) is 25.8. The summed E-state index contributed by atoms with van der Waals surface area (Å²) in [6, 6.07) is 17.1. The molecule has 0 radical (unpaired) electrons. The largest absolute Gasteiger partial charge is 0.508 e. The lowest BCUT2D eigenvalue weighted by Crippen LogP contribution is -2.52. The SMILES string of the molecule is COc1cccc(CCN2CC[C@]3(c4cccc(O)c4)CCC[C@H]2C3)c1. The van der Waals surface area contributed by atoms with Gasteiger partial charge in [-0.05, 0) is 79.5 Å². The molecule has 26 heavy (non-hydrogen) atoms. The molecule has 1 saturated heterocycles. The van der Waals surface area contributed by atoms with Gasteiger partial charge in [0.05, 0.1) is 7.11 Å². The van der Waals surface area contributed by atoms with E-state index in [-0.39, 0.29) is 5.41 Å². The van der Waals surface area contributed by atoms with Crippen LogP contribution in [0.4, 0.5) is 0 Å². The van der Waals surface area contributed by atoms with Crippen LogP contribution in [0, 0.1) is 0 Å². The summed E-state index contributed by atoms with van der Waals surface area (Å²) < 4.78 is 5.35. The number of ether oxygens (including phenoxy) is 1. The maximum Gasteiger partial charge on any atom is 0.119 e. The molecular formula is C23H29NO2. The molecule has 3 heteroatoms. The smallest absolute Gasteiger partial charge is 0.119 e. The Morgan fingerprint density at radius 1 is 1.15 bits per heavy atom. The van der Waals surface area contributed by atoms with Crippen molar-refractivity contribution in [1.29, 1.82) is 0 Å². The van der Waals surface area contributed by atoms with E-state index in [0.717, 1.165) is 25.3 Å². The molecule has 2 fully saturated rings. The molecule has 2 bridgehead atoms. The highest BCUT2D eigenvalue weighted by atomic mass is 16.5. The fraction of sp³-hybridized carbons (Fsp3) is 0.478. The van der Waals surface area contributed by atoms with Crippen molar-refractivity contribution >= 4 is 0 Å². The van der Waals surface area contributed by atoms with Gasteiger partial charge in [-0.2, -0.15) is 0 Å². The van der Waals surface area contributed by atoms with Crippen molar-refractivity contribution < 1.29 is 9.84 Å². The van der Waals surface area contributed by atoms with E-state index in [1.807, 2.05) is 18.2 Å². The van der Waals surface area contributed by atoms with E-state index in [1.165, 1.54) is 43.2 Å². The Bertz CT molecular complexity index is 759. The summed E-state index contributed by atoms with van der Waals surface area (Å²) in [6.07, 6.45) is 7.36. The predicted octanol–water partition coefficient (Wildman–Crippen LogP) is 4.53. The van der Waals surface area contributed by atoms with Gasteiger partial charge < -0.3 is 9.84 Å². The van der Waals surface area contributed by atoms with Gasteiger partial charge in [0.1, 0.15) is 11.5 Å². The highest BCUT2D eigenvalue weighted by molar-refractivity contribution is 5.34. The van der Waals surface area contributed by atoms with Gasteiger partial charge in [0.15, 0.2) is 0 Å². The lowest BCUT2D eigenvalue weighted by molar-refractivity contribution is 0.0524. The molecule has 3 nitrogen and oxygen atoms in total. The Labute approximate surface area is 156 Å². The second-order valence-corrected chi connectivity index (χ2v) is 7.97. The monoisotopic (exact) mass is 351 g/mol. The summed E-state index contributed by atoms with van der Waals surface area (Å²) in [6.45, 7) is 2.28. The van der Waals surface area contributed by atoms with Crippen molar-refractivity contribution in [1.82, 2.24) is 4.90 Å². The van der Waals surface area contributed by atoms with Gasteiger partial charge in [0.2, 0.25) is 0 Å². The molecule has 0 amide bonds. The first kappa shape index (κ1) is 17.4. The Morgan fingerprint density at radius 2 is 2.04 bits per heavy atom. The van der Waals surface area contributed by atoms with Crippen LogP contribution < -0.4 is 4.74 Å². The first-order chi connectivity index (χ1) is 12.7. The minimum Gasteiger partial charge on any atom is -0.508 e. The zero-order valence-electron chi connectivity index (χ0n) is 15.7. The van der Waals surface area contributed by atoms with E-state index in [9.17, 15) is 5.11 Å². The molecule has 1 saturated carbocycles. The predicted molar refractivity (Wildman–Crippen MR) is 105 cm³/mol. The summed E-state index contributed by atoms with van der Waals surface area (Å²) in [4.78, 5) is 2.69. The summed E-state index contributed by atoms with van der Waals surface area (Å²) >= 11 is 0. The molecule has 1 heterocycles. The Morgan fingerprint density at radius 3 is 2.88 bits per heavy atom. The Hall–Kier alpha value is -2.00. The third-order valence-electron chi connectivity index (χ3n) is 6.49. The van der Waals surface area contributed by atoms with Crippen molar-refractivity contribution in [2.75, 3.05) is 20.2 Å². The van der Waals surface area contributed by atoms with Crippen molar-refractivity contribution in [2.45, 2.75) is 50.0 Å². The molecule has 4 rings (SSSR count). The van der Waals surface area contributed by atoms with Gasteiger partial charge in [-0.15, -0.1) is 0 Å². The number of rotatable bonds is 5. The number of hydrogen-bond donors (Lipinski definition) is 1. The standard InChI is InChI=1S/C23H29NO2/c1-26-22-9-2-5-18(15-22)10-13-24-14-12-23(11-4-7-20(24)17-23)19-6-3-8-21(25)16-19/h2-3,5-6,8-9,15-16,20,25H,4,7,10-14,17H2,1H3/t20-,23+/m0/s1. The second kappa shape index (κ2) is 7.32. The number of piperidine rings is 1. The average Bonchev–Trinajstić information content (AvgIpc) is 2.68. The van der Waals surface area contributed by atoms with Gasteiger partial charge in [-0.1, -0.05) is 30.7 Å². The van der Waals surface area contributed by atoms with Gasteiger partial charge in [0.25, 0.3) is 0 Å². The number of fused-ring (bicyclic) bond motifs is 2. The lowest BCUT2D eigenvalue weighted by atomic mass is 9.63. The van der Waals surface area contributed by atoms with E-state index in [2.05, 4.69) is 29.2 Å². The molecule has 2 aliphatic rings. The van der Waals surface area contributed by atoms with E-state index in [4.69, 9.17) is 4.74 Å². The first-order valence-corrected chi connectivity index (χ1v) is 9.85. The third kappa shape index (κ3) is 3.45. The highest BCUT2D eigenvalue weighted by Crippen LogP contribution is 2.47. The minimum absolute atomic E-state index is 0.272. The van der Waals surface area contributed by atoms with Crippen LogP contribution in [-0.4, -0.2) is 36.2 Å². The summed E-state index contributed by atoms with van der Waals surface area (Å²) in [5.74, 6) is 1.35. The van der Waals surface area contributed by atoms with Crippen molar-refractivity contribution in [3.05, 3.63) is 59.7 Å². The van der Waals surface area contributed by atoms with Crippen LogP contribution in [0.5, 0.6) is 11.5 Å². The zero-order valence-corrected chi connectivity index (χ0v) is 15.7. The number of nitrogens with zero attached hydrogens (tertiary/aromatic N) is 1. The van der Waals surface area contributed by atoms with E-state index in [0.29, 0.717) is 11.8 Å². The maximum absolute atomic E-state index is 9.92. The molecular weight excluding hydrogens is 322 g/mol. The van der Waals surface area contributed by atoms with Gasteiger partial charge in [-0.25, -0.2) is 0 Å². The van der Waals surface area contributed by atoms with Gasteiger partial charge in [0, 0.05) is 12.6 Å².